The zero-order valence-corrected chi connectivity index (χ0v) is 11.3. The molecular formula is C13H16N2O2S. The van der Waals surface area contributed by atoms with E-state index in [2.05, 4.69) is 5.32 Å². The summed E-state index contributed by atoms with van der Waals surface area (Å²) in [5, 5.41) is 2.78. The number of benzene rings is 1. The molecule has 0 bridgehead atoms. The fourth-order valence-electron chi connectivity index (χ4n) is 2.05. The van der Waals surface area contributed by atoms with E-state index in [4.69, 9.17) is 0 Å². The smallest absolute Gasteiger partial charge is 0.319 e. The van der Waals surface area contributed by atoms with Crippen molar-refractivity contribution in [1.29, 1.82) is 0 Å². The zero-order chi connectivity index (χ0) is 13.2. The van der Waals surface area contributed by atoms with Crippen molar-refractivity contribution in [2.24, 2.45) is 0 Å². The van der Waals surface area contributed by atoms with Crippen LogP contribution in [0.3, 0.4) is 0 Å². The van der Waals surface area contributed by atoms with E-state index in [-0.39, 0.29) is 11.9 Å². The topological polar surface area (TPSA) is 49.4 Å². The Morgan fingerprint density at radius 3 is 2.56 bits per heavy atom. The van der Waals surface area contributed by atoms with Gasteiger partial charge in [0.2, 0.25) is 0 Å². The molecule has 1 fully saturated rings. The summed E-state index contributed by atoms with van der Waals surface area (Å²) in [6.07, 6.45) is 1.95. The zero-order valence-electron chi connectivity index (χ0n) is 10.5. The van der Waals surface area contributed by atoms with E-state index in [1.807, 2.05) is 36.6 Å². The molecule has 18 heavy (non-hydrogen) atoms. The molecular weight excluding hydrogens is 248 g/mol. The molecule has 2 rings (SSSR count). The van der Waals surface area contributed by atoms with Gasteiger partial charge in [-0.05, 0) is 18.7 Å². The van der Waals surface area contributed by atoms with Gasteiger partial charge in [-0.3, -0.25) is 9.69 Å². The Kier molecular flexibility index (Phi) is 3.61. The molecule has 1 aliphatic rings. The van der Waals surface area contributed by atoms with Crippen LogP contribution in [0.25, 0.3) is 0 Å². The highest BCUT2D eigenvalue weighted by Crippen LogP contribution is 2.28. The third-order valence-electron chi connectivity index (χ3n) is 3.15. The number of rotatable bonds is 4. The molecule has 96 valence electrons. The lowest BCUT2D eigenvalue weighted by atomic mass is 9.92. The number of thioether (sulfide) groups is 1. The normalized spacial score (nSPS) is 23.3. The van der Waals surface area contributed by atoms with Gasteiger partial charge in [0.05, 0.1) is 0 Å². The van der Waals surface area contributed by atoms with Crippen molar-refractivity contribution in [2.45, 2.75) is 12.5 Å². The van der Waals surface area contributed by atoms with Gasteiger partial charge >= 0.3 is 6.03 Å². The van der Waals surface area contributed by atoms with Gasteiger partial charge in [-0.15, -0.1) is 0 Å². The fourth-order valence-corrected chi connectivity index (χ4v) is 2.41. The van der Waals surface area contributed by atoms with Crippen LogP contribution < -0.4 is 5.32 Å². The van der Waals surface area contributed by atoms with E-state index < -0.39 is 5.54 Å². The summed E-state index contributed by atoms with van der Waals surface area (Å²) < 4.78 is 0. The van der Waals surface area contributed by atoms with Crippen LogP contribution >= 0.6 is 11.8 Å². The lowest BCUT2D eigenvalue weighted by Crippen LogP contribution is -2.41. The summed E-state index contributed by atoms with van der Waals surface area (Å²) >= 11 is 1.61. The summed E-state index contributed by atoms with van der Waals surface area (Å²) in [6.45, 7) is 2.20. The predicted octanol–water partition coefficient (Wildman–Crippen LogP) is 1.82. The van der Waals surface area contributed by atoms with E-state index in [9.17, 15) is 9.59 Å². The fraction of sp³-hybridized carbons (Fsp3) is 0.385. The predicted molar refractivity (Wildman–Crippen MR) is 72.4 cm³/mol. The molecule has 1 atom stereocenters. The van der Waals surface area contributed by atoms with Crippen molar-refractivity contribution in [3.05, 3.63) is 35.9 Å². The third kappa shape index (κ3) is 2.10. The number of amides is 3. The van der Waals surface area contributed by atoms with Crippen LogP contribution in [-0.2, 0) is 10.3 Å². The number of imide groups is 1. The molecule has 4 nitrogen and oxygen atoms in total. The maximum atomic E-state index is 12.4. The van der Waals surface area contributed by atoms with Crippen LogP contribution in [-0.4, -0.2) is 35.4 Å². The standard InChI is InChI=1S/C13H16N2O2S/c1-13(10-6-4-3-5-7-10)11(16)15(8-9-18-2)12(17)14-13/h3-7H,8-9H2,1-2H3,(H,14,17). The van der Waals surface area contributed by atoms with Gasteiger partial charge in [0, 0.05) is 12.3 Å². The summed E-state index contributed by atoms with van der Waals surface area (Å²) in [6, 6.07) is 9.03. The Balaban J connectivity index is 2.26. The highest BCUT2D eigenvalue weighted by atomic mass is 32.2. The Morgan fingerprint density at radius 1 is 1.28 bits per heavy atom. The van der Waals surface area contributed by atoms with Gasteiger partial charge < -0.3 is 5.32 Å². The van der Waals surface area contributed by atoms with Gasteiger partial charge in [-0.2, -0.15) is 11.8 Å². The van der Waals surface area contributed by atoms with Crippen LogP contribution in [0.4, 0.5) is 4.79 Å². The highest BCUT2D eigenvalue weighted by Gasteiger charge is 2.48. The first kappa shape index (κ1) is 13.0. The van der Waals surface area contributed by atoms with Crippen LogP contribution in [0, 0.1) is 0 Å². The van der Waals surface area contributed by atoms with Crippen molar-refractivity contribution in [3.8, 4) is 0 Å². The second-order valence-corrected chi connectivity index (χ2v) is 5.36. The minimum atomic E-state index is -0.934. The number of carbonyl (C=O) groups excluding carboxylic acids is 2. The first-order valence-corrected chi connectivity index (χ1v) is 7.17. The molecule has 5 heteroatoms. The minimum absolute atomic E-state index is 0.173. The molecule has 1 saturated heterocycles. The minimum Gasteiger partial charge on any atom is -0.319 e. The molecule has 0 spiro atoms. The van der Waals surface area contributed by atoms with Gasteiger partial charge in [0.25, 0.3) is 5.91 Å². The summed E-state index contributed by atoms with van der Waals surface area (Å²) in [7, 11) is 0. The van der Waals surface area contributed by atoms with Gasteiger partial charge in [-0.1, -0.05) is 30.3 Å². The van der Waals surface area contributed by atoms with E-state index in [1.54, 1.807) is 18.7 Å². The van der Waals surface area contributed by atoms with Crippen LogP contribution in [0.15, 0.2) is 30.3 Å². The molecule has 1 aliphatic heterocycles. The van der Waals surface area contributed by atoms with Gasteiger partial charge in [0.15, 0.2) is 0 Å². The molecule has 0 saturated carbocycles. The second-order valence-electron chi connectivity index (χ2n) is 4.37. The van der Waals surface area contributed by atoms with Crippen molar-refractivity contribution in [3.63, 3.8) is 0 Å². The van der Waals surface area contributed by atoms with Crippen LogP contribution in [0.1, 0.15) is 12.5 Å². The number of urea groups is 1. The molecule has 1 unspecified atom stereocenters. The molecule has 1 aromatic carbocycles. The van der Waals surface area contributed by atoms with Crippen LogP contribution in [0.2, 0.25) is 0 Å². The van der Waals surface area contributed by atoms with Gasteiger partial charge in [-0.25, -0.2) is 4.79 Å². The quantitative estimate of drug-likeness (QED) is 0.844. The van der Waals surface area contributed by atoms with E-state index >= 15 is 0 Å². The Bertz CT molecular complexity index is 463. The largest absolute Gasteiger partial charge is 0.325 e. The maximum Gasteiger partial charge on any atom is 0.325 e. The van der Waals surface area contributed by atoms with Crippen molar-refractivity contribution in [1.82, 2.24) is 10.2 Å². The monoisotopic (exact) mass is 264 g/mol. The Labute approximate surface area is 111 Å². The van der Waals surface area contributed by atoms with E-state index in [0.29, 0.717) is 6.54 Å². The first-order valence-electron chi connectivity index (χ1n) is 5.78. The van der Waals surface area contributed by atoms with E-state index in [0.717, 1.165) is 11.3 Å². The highest BCUT2D eigenvalue weighted by molar-refractivity contribution is 7.98. The molecule has 3 amide bonds. The van der Waals surface area contributed by atoms with E-state index in [1.165, 1.54) is 4.90 Å². The van der Waals surface area contributed by atoms with Crippen molar-refractivity contribution in [2.75, 3.05) is 18.6 Å². The summed E-state index contributed by atoms with van der Waals surface area (Å²) in [5.41, 5.74) is -0.119. The second kappa shape index (κ2) is 5.02. The molecule has 0 radical (unpaired) electrons. The first-order chi connectivity index (χ1) is 8.59. The SMILES string of the molecule is CSCCN1C(=O)NC(C)(c2ccccc2)C1=O. The third-order valence-corrected chi connectivity index (χ3v) is 3.74. The summed E-state index contributed by atoms with van der Waals surface area (Å²) in [4.78, 5) is 25.5. The lowest BCUT2D eigenvalue weighted by molar-refractivity contribution is -0.130. The molecule has 0 aliphatic carbocycles. The molecule has 1 N–H and O–H groups in total. The molecule has 0 aromatic heterocycles. The van der Waals surface area contributed by atoms with Crippen LogP contribution in [0.5, 0.6) is 0 Å². The molecule has 1 heterocycles. The number of hydrogen-bond donors (Lipinski definition) is 1. The Morgan fingerprint density at radius 2 is 1.94 bits per heavy atom. The van der Waals surface area contributed by atoms with Crippen molar-refractivity contribution < 1.29 is 9.59 Å². The molecule has 1 aromatic rings. The number of hydrogen-bond acceptors (Lipinski definition) is 3. The number of nitrogens with one attached hydrogen (secondary N) is 1. The summed E-state index contributed by atoms with van der Waals surface area (Å²) in [5.74, 6) is 0.581. The Hall–Kier alpha value is -1.49. The van der Waals surface area contributed by atoms with Gasteiger partial charge in [0.1, 0.15) is 5.54 Å². The number of nitrogens with zero attached hydrogens (tertiary/aromatic N) is 1. The van der Waals surface area contributed by atoms with Crippen molar-refractivity contribution >= 4 is 23.7 Å². The average Bonchev–Trinajstić information content (AvgIpc) is 2.60. The maximum absolute atomic E-state index is 12.4. The number of carbonyl (C=O) groups is 2. The average molecular weight is 264 g/mol. The lowest BCUT2D eigenvalue weighted by Gasteiger charge is -2.22.